The van der Waals surface area contributed by atoms with Crippen LogP contribution in [-0.2, 0) is 19.6 Å². The molecule has 1 N–H and O–H groups in total. The van der Waals surface area contributed by atoms with Gasteiger partial charge >= 0.3 is 0 Å². The largest absolute Gasteiger partial charge is 0.347 e. The summed E-state index contributed by atoms with van der Waals surface area (Å²) in [5, 5.41) is 2.91. The molecule has 1 atom stereocenters. The number of nitrogens with zero attached hydrogens (tertiary/aromatic N) is 5. The quantitative estimate of drug-likeness (QED) is 0.753. The van der Waals surface area contributed by atoms with Gasteiger partial charge in [0.15, 0.2) is 0 Å². The van der Waals surface area contributed by atoms with Crippen molar-refractivity contribution in [2.24, 2.45) is 0 Å². The van der Waals surface area contributed by atoms with Crippen LogP contribution in [0.15, 0.2) is 55.1 Å². The number of nitrogens with one attached hydrogen (secondary N) is 1. The van der Waals surface area contributed by atoms with Gasteiger partial charge in [-0.3, -0.25) is 19.7 Å². The van der Waals surface area contributed by atoms with Crippen molar-refractivity contribution in [3.05, 3.63) is 77.9 Å². The van der Waals surface area contributed by atoms with E-state index >= 15 is 0 Å². The number of rotatable bonds is 5. The van der Waals surface area contributed by atoms with Crippen molar-refractivity contribution in [2.45, 2.75) is 32.6 Å². The van der Waals surface area contributed by atoms with E-state index in [4.69, 9.17) is 0 Å². The lowest BCUT2D eigenvalue weighted by molar-refractivity contribution is 0.0946. The topological polar surface area (TPSA) is 75.9 Å². The van der Waals surface area contributed by atoms with Gasteiger partial charge < -0.3 is 9.88 Å². The van der Waals surface area contributed by atoms with Gasteiger partial charge in [-0.15, -0.1) is 0 Å². The Kier molecular flexibility index (Phi) is 4.93. The number of amides is 1. The van der Waals surface area contributed by atoms with Crippen LogP contribution in [0.25, 0.3) is 0 Å². The number of fused-ring (bicyclic) bond motifs is 1. The second-order valence-electron chi connectivity index (χ2n) is 6.69. The predicted molar refractivity (Wildman–Crippen MR) is 101 cm³/mol. The van der Waals surface area contributed by atoms with Crippen molar-refractivity contribution in [2.75, 3.05) is 6.54 Å². The molecule has 0 spiro atoms. The maximum Gasteiger partial charge on any atom is 0.271 e. The second kappa shape index (κ2) is 7.67. The zero-order valence-corrected chi connectivity index (χ0v) is 15.2. The Morgan fingerprint density at radius 1 is 1.22 bits per heavy atom. The molecule has 4 rings (SSSR count). The number of aromatic nitrogens is 4. The monoisotopic (exact) mass is 362 g/mol. The molecule has 3 aromatic rings. The number of carbonyl (C=O) groups excluding carboxylic acids is 1. The van der Waals surface area contributed by atoms with Crippen LogP contribution in [0, 0.1) is 0 Å². The van der Waals surface area contributed by atoms with E-state index in [2.05, 4.69) is 36.7 Å². The summed E-state index contributed by atoms with van der Waals surface area (Å²) in [6, 6.07) is 9.87. The van der Waals surface area contributed by atoms with E-state index in [0.717, 1.165) is 36.7 Å². The summed E-state index contributed by atoms with van der Waals surface area (Å²) in [7, 11) is 0. The number of hydrogen-bond acceptors (Lipinski definition) is 5. The average molecular weight is 362 g/mol. The molecule has 0 bridgehead atoms. The summed E-state index contributed by atoms with van der Waals surface area (Å²) in [5.41, 5.74) is 2.46. The summed E-state index contributed by atoms with van der Waals surface area (Å²) < 4.78 is 2.08. The fraction of sp³-hybridized carbons (Fsp3) is 0.300. The van der Waals surface area contributed by atoms with Crippen LogP contribution >= 0.6 is 0 Å². The van der Waals surface area contributed by atoms with E-state index in [1.165, 1.54) is 0 Å². The lowest BCUT2D eigenvalue weighted by Gasteiger charge is -2.33. The molecule has 0 unspecified atom stereocenters. The maximum absolute atomic E-state index is 12.5. The molecule has 0 aromatic carbocycles. The lowest BCUT2D eigenvalue weighted by Crippen LogP contribution is -2.36. The number of pyridine rings is 2. The second-order valence-corrected chi connectivity index (χ2v) is 6.69. The van der Waals surface area contributed by atoms with Gasteiger partial charge in [-0.2, -0.15) is 0 Å². The van der Waals surface area contributed by atoms with Gasteiger partial charge in [-0.05, 0) is 30.7 Å². The van der Waals surface area contributed by atoms with Crippen LogP contribution < -0.4 is 5.32 Å². The van der Waals surface area contributed by atoms with Gasteiger partial charge in [0.1, 0.15) is 11.5 Å². The van der Waals surface area contributed by atoms with Gasteiger partial charge in [-0.25, -0.2) is 4.98 Å². The van der Waals surface area contributed by atoms with Gasteiger partial charge in [0, 0.05) is 51.0 Å². The van der Waals surface area contributed by atoms with E-state index in [0.29, 0.717) is 12.2 Å². The highest BCUT2D eigenvalue weighted by molar-refractivity contribution is 5.92. The number of imidazole rings is 1. The summed E-state index contributed by atoms with van der Waals surface area (Å²) >= 11 is 0. The summed E-state index contributed by atoms with van der Waals surface area (Å²) in [4.78, 5) is 27.9. The Morgan fingerprint density at radius 2 is 2.15 bits per heavy atom. The van der Waals surface area contributed by atoms with Gasteiger partial charge in [0.2, 0.25) is 0 Å². The fourth-order valence-corrected chi connectivity index (χ4v) is 3.34. The molecule has 0 fully saturated rings. The average Bonchev–Trinajstić information content (AvgIpc) is 3.15. The van der Waals surface area contributed by atoms with Crippen LogP contribution in [-0.4, -0.2) is 36.9 Å². The Labute approximate surface area is 158 Å². The van der Waals surface area contributed by atoms with Gasteiger partial charge in [-0.1, -0.05) is 12.1 Å². The third-order valence-corrected chi connectivity index (χ3v) is 4.86. The van der Waals surface area contributed by atoms with Crippen LogP contribution in [0.4, 0.5) is 0 Å². The zero-order chi connectivity index (χ0) is 18.6. The molecule has 7 heteroatoms. The summed E-state index contributed by atoms with van der Waals surface area (Å²) in [6.07, 6.45) is 7.13. The summed E-state index contributed by atoms with van der Waals surface area (Å²) in [6.45, 7) is 5.05. The number of hydrogen-bond donors (Lipinski definition) is 1. The molecule has 7 nitrogen and oxygen atoms in total. The van der Waals surface area contributed by atoms with E-state index < -0.39 is 0 Å². The molecule has 0 aliphatic carbocycles. The Morgan fingerprint density at radius 3 is 2.93 bits per heavy atom. The molecule has 3 aromatic heterocycles. The maximum atomic E-state index is 12.5. The first-order chi connectivity index (χ1) is 13.2. The molecular formula is C20H22N6O. The van der Waals surface area contributed by atoms with Crippen molar-refractivity contribution in [1.82, 2.24) is 29.7 Å². The molecule has 0 saturated carbocycles. The van der Waals surface area contributed by atoms with Crippen LogP contribution in [0.5, 0.6) is 0 Å². The van der Waals surface area contributed by atoms with E-state index in [1.54, 1.807) is 12.4 Å². The fourth-order valence-electron chi connectivity index (χ4n) is 3.34. The molecule has 1 amide bonds. The van der Waals surface area contributed by atoms with Crippen LogP contribution in [0.2, 0.25) is 0 Å². The highest BCUT2D eigenvalue weighted by atomic mass is 16.1. The minimum atomic E-state index is -0.163. The van der Waals surface area contributed by atoms with Crippen molar-refractivity contribution in [3.63, 3.8) is 0 Å². The lowest BCUT2D eigenvalue weighted by atomic mass is 10.2. The predicted octanol–water partition coefficient (Wildman–Crippen LogP) is 2.18. The highest BCUT2D eigenvalue weighted by Crippen LogP contribution is 2.25. The molecule has 27 heavy (non-hydrogen) atoms. The smallest absolute Gasteiger partial charge is 0.271 e. The van der Waals surface area contributed by atoms with Crippen molar-refractivity contribution < 1.29 is 4.79 Å². The normalized spacial score (nSPS) is 16.7. The SMILES string of the molecule is C[C@H]1c2nc(C(=O)NCc3cccnc3)cn2CCN1Cc1ccccn1. The molecule has 1 aliphatic heterocycles. The van der Waals surface area contributed by atoms with E-state index in [9.17, 15) is 4.79 Å². The van der Waals surface area contributed by atoms with Gasteiger partial charge in [0.25, 0.3) is 5.91 Å². The van der Waals surface area contributed by atoms with Gasteiger partial charge in [0.05, 0.1) is 11.7 Å². The first-order valence-corrected chi connectivity index (χ1v) is 9.09. The standard InChI is InChI=1S/C20H22N6O/c1-15-19-24-18(20(27)23-12-16-5-4-7-21-11-16)14-26(19)10-9-25(15)13-17-6-2-3-8-22-17/h2-8,11,14-15H,9-10,12-13H2,1H3,(H,23,27)/t15-/m0/s1. The molecule has 1 aliphatic rings. The first-order valence-electron chi connectivity index (χ1n) is 9.09. The van der Waals surface area contributed by atoms with Crippen LogP contribution in [0.3, 0.4) is 0 Å². The van der Waals surface area contributed by atoms with E-state index in [-0.39, 0.29) is 11.9 Å². The highest BCUT2D eigenvalue weighted by Gasteiger charge is 2.27. The Hall–Kier alpha value is -3.06. The minimum absolute atomic E-state index is 0.126. The minimum Gasteiger partial charge on any atom is -0.347 e. The van der Waals surface area contributed by atoms with Crippen molar-refractivity contribution in [1.29, 1.82) is 0 Å². The molecule has 0 radical (unpaired) electrons. The third-order valence-electron chi connectivity index (χ3n) is 4.86. The van der Waals surface area contributed by atoms with Crippen molar-refractivity contribution >= 4 is 5.91 Å². The van der Waals surface area contributed by atoms with Crippen molar-refractivity contribution in [3.8, 4) is 0 Å². The Bertz CT molecular complexity index is 909. The molecule has 4 heterocycles. The van der Waals surface area contributed by atoms with E-state index in [1.807, 2.05) is 42.7 Å². The van der Waals surface area contributed by atoms with Crippen LogP contribution in [0.1, 0.15) is 40.5 Å². The molecule has 0 saturated heterocycles. The first kappa shape index (κ1) is 17.4. The zero-order valence-electron chi connectivity index (χ0n) is 15.2. The molecular weight excluding hydrogens is 340 g/mol. The number of carbonyl (C=O) groups is 1. The third kappa shape index (κ3) is 3.88. The summed E-state index contributed by atoms with van der Waals surface area (Å²) in [5.74, 6) is 0.757. The molecule has 138 valence electrons. The Balaban J connectivity index is 1.43.